The second-order valence-corrected chi connectivity index (χ2v) is 6.01. The number of benzene rings is 1. The Balaban J connectivity index is 1.41. The van der Waals surface area contributed by atoms with Gasteiger partial charge in [0, 0.05) is 13.1 Å². The summed E-state index contributed by atoms with van der Waals surface area (Å²) in [5.74, 6) is 0.747. The maximum atomic E-state index is 12.7. The van der Waals surface area contributed by atoms with Gasteiger partial charge in [-0.25, -0.2) is 4.79 Å². The summed E-state index contributed by atoms with van der Waals surface area (Å²) in [5, 5.41) is 2.50. The van der Waals surface area contributed by atoms with Gasteiger partial charge in [-0.2, -0.15) is 0 Å². The monoisotopic (exact) mass is 331 g/mol. The molecule has 0 bridgehead atoms. The third-order valence-electron chi connectivity index (χ3n) is 4.50. The summed E-state index contributed by atoms with van der Waals surface area (Å²) < 4.78 is 11.3. The number of amides is 4. The molecule has 1 aromatic carbocycles. The fourth-order valence-corrected chi connectivity index (χ4v) is 3.30. The fourth-order valence-electron chi connectivity index (χ4n) is 3.30. The smallest absolute Gasteiger partial charge is 0.324 e. The molecule has 24 heavy (non-hydrogen) atoms. The molecule has 0 radical (unpaired) electrons. The Morgan fingerprint density at radius 2 is 2.00 bits per heavy atom. The van der Waals surface area contributed by atoms with Crippen molar-refractivity contribution in [2.75, 3.05) is 26.2 Å². The molecule has 3 aliphatic heterocycles. The van der Waals surface area contributed by atoms with Crippen LogP contribution in [0.5, 0.6) is 11.5 Å². The molecule has 3 heterocycles. The number of imide groups is 1. The van der Waals surface area contributed by atoms with E-state index >= 15 is 0 Å². The van der Waals surface area contributed by atoms with E-state index in [4.69, 9.17) is 9.47 Å². The number of hydrogen-bond donors (Lipinski definition) is 1. The number of carbonyl (C=O) groups excluding carboxylic acids is 3. The molecule has 126 valence electrons. The van der Waals surface area contributed by atoms with Crippen LogP contribution in [0.4, 0.5) is 4.79 Å². The van der Waals surface area contributed by atoms with Crippen molar-refractivity contribution in [3.05, 3.63) is 24.3 Å². The largest absolute Gasteiger partial charge is 0.485 e. The van der Waals surface area contributed by atoms with Gasteiger partial charge in [-0.3, -0.25) is 14.5 Å². The standard InChI is InChI=1S/C16H17N3O5/c20-14-7-17-16(22)19(14)10-5-6-18(8-10)15(21)13-9-23-11-3-1-2-4-12(11)24-13/h1-4,10,13H,5-9H2,(H,17,22). The molecule has 2 saturated heterocycles. The van der Waals surface area contributed by atoms with Crippen LogP contribution >= 0.6 is 0 Å². The number of carbonyl (C=O) groups is 3. The van der Waals surface area contributed by atoms with E-state index in [1.54, 1.807) is 17.0 Å². The van der Waals surface area contributed by atoms with Crippen LogP contribution in [0, 0.1) is 0 Å². The average molecular weight is 331 g/mol. The summed E-state index contributed by atoms with van der Waals surface area (Å²) in [5.41, 5.74) is 0. The molecule has 2 fully saturated rings. The number of nitrogens with one attached hydrogen (secondary N) is 1. The van der Waals surface area contributed by atoms with Crippen LogP contribution in [0.15, 0.2) is 24.3 Å². The molecule has 0 saturated carbocycles. The van der Waals surface area contributed by atoms with Crippen molar-refractivity contribution in [3.63, 3.8) is 0 Å². The average Bonchev–Trinajstić information content (AvgIpc) is 3.20. The second-order valence-electron chi connectivity index (χ2n) is 6.01. The Morgan fingerprint density at radius 1 is 1.21 bits per heavy atom. The first-order valence-electron chi connectivity index (χ1n) is 7.90. The van der Waals surface area contributed by atoms with Crippen LogP contribution < -0.4 is 14.8 Å². The lowest BCUT2D eigenvalue weighted by Crippen LogP contribution is -2.47. The number of hydrogen-bond acceptors (Lipinski definition) is 5. The number of para-hydroxylation sites is 2. The highest BCUT2D eigenvalue weighted by atomic mass is 16.6. The number of urea groups is 1. The van der Waals surface area contributed by atoms with E-state index in [1.165, 1.54) is 4.90 Å². The van der Waals surface area contributed by atoms with Gasteiger partial charge in [0.2, 0.25) is 12.0 Å². The first kappa shape index (κ1) is 14.8. The van der Waals surface area contributed by atoms with Crippen molar-refractivity contribution in [1.82, 2.24) is 15.1 Å². The lowest BCUT2D eigenvalue weighted by Gasteiger charge is -2.29. The van der Waals surface area contributed by atoms with E-state index in [9.17, 15) is 14.4 Å². The van der Waals surface area contributed by atoms with E-state index in [-0.39, 0.29) is 37.0 Å². The van der Waals surface area contributed by atoms with Crippen LogP contribution in [-0.4, -0.2) is 66.0 Å². The molecule has 2 atom stereocenters. The Bertz CT molecular complexity index is 691. The minimum absolute atomic E-state index is 0.0274. The summed E-state index contributed by atoms with van der Waals surface area (Å²) in [6, 6.07) is 6.55. The Labute approximate surface area is 138 Å². The van der Waals surface area contributed by atoms with Gasteiger partial charge in [0.25, 0.3) is 5.91 Å². The molecule has 1 aromatic rings. The van der Waals surface area contributed by atoms with Gasteiger partial charge in [-0.1, -0.05) is 12.1 Å². The molecule has 0 aliphatic carbocycles. The molecule has 2 unspecified atom stereocenters. The second kappa shape index (κ2) is 5.70. The number of ether oxygens (including phenoxy) is 2. The third-order valence-corrected chi connectivity index (χ3v) is 4.50. The van der Waals surface area contributed by atoms with Crippen LogP contribution in [0.2, 0.25) is 0 Å². The molecule has 8 nitrogen and oxygen atoms in total. The van der Waals surface area contributed by atoms with Crippen molar-refractivity contribution in [2.24, 2.45) is 0 Å². The predicted molar refractivity (Wildman–Crippen MR) is 81.6 cm³/mol. The minimum Gasteiger partial charge on any atom is -0.485 e. The highest BCUT2D eigenvalue weighted by molar-refractivity contribution is 6.02. The lowest BCUT2D eigenvalue weighted by atomic mass is 10.2. The molecule has 1 N–H and O–H groups in total. The Kier molecular flexibility index (Phi) is 3.51. The molecule has 0 spiro atoms. The summed E-state index contributed by atoms with van der Waals surface area (Å²) in [4.78, 5) is 39.0. The van der Waals surface area contributed by atoms with E-state index in [0.29, 0.717) is 31.0 Å². The van der Waals surface area contributed by atoms with Crippen LogP contribution in [0.25, 0.3) is 0 Å². The fraction of sp³-hybridized carbons (Fsp3) is 0.438. The van der Waals surface area contributed by atoms with E-state index in [0.717, 1.165) is 0 Å². The van der Waals surface area contributed by atoms with Crippen molar-refractivity contribution in [2.45, 2.75) is 18.6 Å². The summed E-state index contributed by atoms with van der Waals surface area (Å²) >= 11 is 0. The van der Waals surface area contributed by atoms with E-state index < -0.39 is 6.10 Å². The zero-order valence-electron chi connectivity index (χ0n) is 12.9. The zero-order valence-corrected chi connectivity index (χ0v) is 12.9. The highest BCUT2D eigenvalue weighted by Crippen LogP contribution is 2.31. The topological polar surface area (TPSA) is 88.2 Å². The van der Waals surface area contributed by atoms with Crippen molar-refractivity contribution in [3.8, 4) is 11.5 Å². The van der Waals surface area contributed by atoms with Gasteiger partial charge >= 0.3 is 6.03 Å². The zero-order chi connectivity index (χ0) is 16.7. The number of likely N-dealkylation sites (tertiary alicyclic amines) is 1. The van der Waals surface area contributed by atoms with E-state index in [1.807, 2.05) is 12.1 Å². The highest BCUT2D eigenvalue weighted by Gasteiger charge is 2.41. The van der Waals surface area contributed by atoms with E-state index in [2.05, 4.69) is 5.32 Å². The van der Waals surface area contributed by atoms with Gasteiger partial charge in [0.05, 0.1) is 12.6 Å². The molecule has 0 aromatic heterocycles. The number of rotatable bonds is 2. The van der Waals surface area contributed by atoms with Crippen LogP contribution in [0.3, 0.4) is 0 Å². The summed E-state index contributed by atoms with van der Waals surface area (Å²) in [7, 11) is 0. The first-order chi connectivity index (χ1) is 11.6. The normalized spacial score (nSPS) is 25.8. The van der Waals surface area contributed by atoms with Crippen molar-refractivity contribution in [1.29, 1.82) is 0 Å². The van der Waals surface area contributed by atoms with Crippen LogP contribution in [0.1, 0.15) is 6.42 Å². The quantitative estimate of drug-likeness (QED) is 0.770. The summed E-state index contributed by atoms with van der Waals surface area (Å²) in [6.07, 6.45) is -0.128. The van der Waals surface area contributed by atoms with Crippen molar-refractivity contribution >= 4 is 17.8 Å². The van der Waals surface area contributed by atoms with Crippen molar-refractivity contribution < 1.29 is 23.9 Å². The van der Waals surface area contributed by atoms with Gasteiger partial charge in [-0.05, 0) is 18.6 Å². The first-order valence-corrected chi connectivity index (χ1v) is 7.90. The number of nitrogens with zero attached hydrogens (tertiary/aromatic N) is 2. The molecule has 3 aliphatic rings. The molecular formula is C16H17N3O5. The SMILES string of the molecule is O=C(C1COc2ccccc2O1)N1CCC(N2C(=O)CNC2=O)C1. The Morgan fingerprint density at radius 3 is 2.75 bits per heavy atom. The lowest BCUT2D eigenvalue weighted by molar-refractivity contribution is -0.140. The molecule has 4 rings (SSSR count). The summed E-state index contributed by atoms with van der Waals surface area (Å²) in [6.45, 7) is 1.00. The minimum atomic E-state index is -0.707. The molecule has 4 amide bonds. The number of fused-ring (bicyclic) bond motifs is 1. The van der Waals surface area contributed by atoms with Gasteiger partial charge < -0.3 is 19.7 Å². The molecular weight excluding hydrogens is 314 g/mol. The van der Waals surface area contributed by atoms with Gasteiger partial charge in [-0.15, -0.1) is 0 Å². The maximum Gasteiger partial charge on any atom is 0.324 e. The Hall–Kier alpha value is -2.77. The third kappa shape index (κ3) is 2.44. The van der Waals surface area contributed by atoms with Crippen LogP contribution in [-0.2, 0) is 9.59 Å². The predicted octanol–water partition coefficient (Wildman–Crippen LogP) is -0.0209. The maximum absolute atomic E-state index is 12.7. The van der Waals surface area contributed by atoms with Gasteiger partial charge in [0.1, 0.15) is 6.61 Å². The van der Waals surface area contributed by atoms with Gasteiger partial charge in [0.15, 0.2) is 11.5 Å². The molecule has 8 heteroatoms.